The fraction of sp³-hybridized carbons (Fsp3) is 0.467. The Morgan fingerprint density at radius 1 is 1.25 bits per heavy atom. The Labute approximate surface area is 147 Å². The highest BCUT2D eigenvalue weighted by Crippen LogP contribution is 2.35. The molecule has 0 bridgehead atoms. The van der Waals surface area contributed by atoms with Crippen LogP contribution in [0.25, 0.3) is 0 Å². The van der Waals surface area contributed by atoms with Gasteiger partial charge in [0.05, 0.1) is 16.9 Å². The van der Waals surface area contributed by atoms with Crippen LogP contribution >= 0.6 is 24.2 Å². The van der Waals surface area contributed by atoms with E-state index in [1.54, 1.807) is 6.07 Å². The van der Waals surface area contributed by atoms with E-state index in [1.807, 2.05) is 0 Å². The van der Waals surface area contributed by atoms with Gasteiger partial charge in [-0.05, 0) is 31.0 Å². The van der Waals surface area contributed by atoms with Crippen molar-refractivity contribution >= 4 is 24.2 Å². The van der Waals surface area contributed by atoms with E-state index in [9.17, 15) is 13.2 Å². The Morgan fingerprint density at radius 3 is 2.62 bits per heavy atom. The molecule has 1 fully saturated rings. The Balaban J connectivity index is 0.00000208. The Bertz CT molecular complexity index is 687. The van der Waals surface area contributed by atoms with Crippen LogP contribution < -0.4 is 5.73 Å². The molecule has 132 valence electrons. The molecule has 1 aliphatic carbocycles. The molecule has 1 saturated carbocycles. The molecule has 3 rings (SSSR count). The maximum Gasteiger partial charge on any atom is 0.416 e. The molecular weight excluding hydrogens is 363 g/mol. The molecule has 2 N–H and O–H groups in total. The van der Waals surface area contributed by atoms with E-state index >= 15 is 0 Å². The molecule has 1 aromatic carbocycles. The summed E-state index contributed by atoms with van der Waals surface area (Å²) in [5.74, 6) is 1.18. The van der Waals surface area contributed by atoms with Crippen molar-refractivity contribution in [1.82, 2.24) is 10.1 Å². The van der Waals surface area contributed by atoms with E-state index in [0.29, 0.717) is 22.4 Å². The van der Waals surface area contributed by atoms with Gasteiger partial charge in [-0.2, -0.15) is 18.2 Å². The lowest BCUT2D eigenvalue weighted by molar-refractivity contribution is -0.137. The Morgan fingerprint density at radius 2 is 1.96 bits per heavy atom. The number of thioether (sulfide) groups is 1. The van der Waals surface area contributed by atoms with Gasteiger partial charge in [0, 0.05) is 4.90 Å². The minimum atomic E-state index is -4.34. The third-order valence-corrected chi connectivity index (χ3v) is 4.91. The average molecular weight is 380 g/mol. The van der Waals surface area contributed by atoms with Crippen LogP contribution in [0.4, 0.5) is 13.2 Å². The quantitative estimate of drug-likeness (QED) is 0.790. The largest absolute Gasteiger partial charge is 0.416 e. The molecule has 4 nitrogen and oxygen atoms in total. The smallest absolute Gasteiger partial charge is 0.338 e. The molecule has 2 aromatic rings. The van der Waals surface area contributed by atoms with Crippen LogP contribution in [0.15, 0.2) is 33.7 Å². The lowest BCUT2D eigenvalue weighted by Crippen LogP contribution is -2.34. The van der Waals surface area contributed by atoms with Crippen molar-refractivity contribution in [3.05, 3.63) is 41.5 Å². The van der Waals surface area contributed by atoms with Crippen molar-refractivity contribution in [3.63, 3.8) is 0 Å². The monoisotopic (exact) mass is 379 g/mol. The number of hydrogen-bond acceptors (Lipinski definition) is 5. The predicted octanol–water partition coefficient (Wildman–Crippen LogP) is 4.53. The molecule has 9 heteroatoms. The van der Waals surface area contributed by atoms with Crippen molar-refractivity contribution in [2.45, 2.75) is 48.0 Å². The summed E-state index contributed by atoms with van der Waals surface area (Å²) in [5, 5.41) is 3.93. The third-order valence-electron chi connectivity index (χ3n) is 3.93. The summed E-state index contributed by atoms with van der Waals surface area (Å²) in [5.41, 5.74) is 5.06. The maximum absolute atomic E-state index is 12.7. The predicted molar refractivity (Wildman–Crippen MR) is 86.9 cm³/mol. The highest BCUT2D eigenvalue weighted by molar-refractivity contribution is 7.98. The number of hydrogen-bond donors (Lipinski definition) is 1. The minimum Gasteiger partial charge on any atom is -0.338 e. The van der Waals surface area contributed by atoms with E-state index in [0.717, 1.165) is 37.8 Å². The molecule has 1 aromatic heterocycles. The Kier molecular flexibility index (Phi) is 5.83. The van der Waals surface area contributed by atoms with E-state index in [-0.39, 0.29) is 12.4 Å². The molecule has 0 aliphatic heterocycles. The first-order valence-electron chi connectivity index (χ1n) is 7.29. The minimum absolute atomic E-state index is 0. The second-order valence-electron chi connectivity index (χ2n) is 5.69. The van der Waals surface area contributed by atoms with Gasteiger partial charge in [0.1, 0.15) is 0 Å². The van der Waals surface area contributed by atoms with Crippen LogP contribution in [0, 0.1) is 0 Å². The highest BCUT2D eigenvalue weighted by atomic mass is 35.5. The zero-order valence-electron chi connectivity index (χ0n) is 12.7. The SMILES string of the molecule is Cl.NC1(c2noc(CSc3cccc(C(F)(F)F)c3)n2)CCCC1. The molecule has 0 amide bonds. The van der Waals surface area contributed by atoms with Gasteiger partial charge in [-0.25, -0.2) is 0 Å². The lowest BCUT2D eigenvalue weighted by atomic mass is 9.99. The molecule has 0 atom stereocenters. The average Bonchev–Trinajstić information content (AvgIpc) is 3.14. The van der Waals surface area contributed by atoms with Gasteiger partial charge in [-0.3, -0.25) is 0 Å². The van der Waals surface area contributed by atoms with Crippen LogP contribution in [0.3, 0.4) is 0 Å². The van der Waals surface area contributed by atoms with E-state index in [2.05, 4.69) is 10.1 Å². The third kappa shape index (κ3) is 4.23. The number of aromatic nitrogens is 2. The van der Waals surface area contributed by atoms with Gasteiger partial charge in [0.15, 0.2) is 5.82 Å². The van der Waals surface area contributed by atoms with Gasteiger partial charge in [-0.15, -0.1) is 24.2 Å². The number of rotatable bonds is 4. The first kappa shape index (κ1) is 19.1. The Hall–Kier alpha value is -1.25. The van der Waals surface area contributed by atoms with E-state index in [1.165, 1.54) is 17.8 Å². The second-order valence-corrected chi connectivity index (χ2v) is 6.74. The number of nitrogens with two attached hydrogens (primary N) is 1. The van der Waals surface area contributed by atoms with Gasteiger partial charge in [0.2, 0.25) is 5.89 Å². The second kappa shape index (κ2) is 7.33. The summed E-state index contributed by atoms with van der Waals surface area (Å²) in [4.78, 5) is 4.81. The van der Waals surface area contributed by atoms with Crippen molar-refractivity contribution in [2.75, 3.05) is 0 Å². The van der Waals surface area contributed by atoms with Gasteiger partial charge < -0.3 is 10.3 Å². The van der Waals surface area contributed by atoms with Crippen molar-refractivity contribution in [3.8, 4) is 0 Å². The normalized spacial score (nSPS) is 16.8. The van der Waals surface area contributed by atoms with E-state index in [4.69, 9.17) is 10.3 Å². The van der Waals surface area contributed by atoms with Gasteiger partial charge in [0.25, 0.3) is 0 Å². The highest BCUT2D eigenvalue weighted by Gasteiger charge is 2.36. The van der Waals surface area contributed by atoms with Crippen LogP contribution in [0.2, 0.25) is 0 Å². The van der Waals surface area contributed by atoms with E-state index < -0.39 is 17.3 Å². The summed E-state index contributed by atoms with van der Waals surface area (Å²) in [6, 6.07) is 5.17. The zero-order chi connectivity index (χ0) is 16.5. The molecule has 1 aliphatic rings. The molecule has 0 radical (unpaired) electrons. The fourth-order valence-corrected chi connectivity index (χ4v) is 3.45. The lowest BCUT2D eigenvalue weighted by Gasteiger charge is -2.17. The zero-order valence-corrected chi connectivity index (χ0v) is 14.3. The first-order chi connectivity index (χ1) is 10.9. The van der Waals surface area contributed by atoms with Crippen molar-refractivity contribution in [2.24, 2.45) is 5.73 Å². The molecular formula is C15H17ClF3N3OS. The molecule has 24 heavy (non-hydrogen) atoms. The molecule has 0 spiro atoms. The summed E-state index contributed by atoms with van der Waals surface area (Å²) in [6.45, 7) is 0. The van der Waals surface area contributed by atoms with Crippen LogP contribution in [0.5, 0.6) is 0 Å². The number of benzene rings is 1. The summed E-state index contributed by atoms with van der Waals surface area (Å²) < 4.78 is 43.2. The van der Waals surface area contributed by atoms with Crippen molar-refractivity contribution < 1.29 is 17.7 Å². The number of alkyl halides is 3. The maximum atomic E-state index is 12.7. The summed E-state index contributed by atoms with van der Waals surface area (Å²) in [7, 11) is 0. The van der Waals surface area contributed by atoms with Crippen LogP contribution in [0.1, 0.15) is 43.0 Å². The van der Waals surface area contributed by atoms with Gasteiger partial charge >= 0.3 is 6.18 Å². The van der Waals surface area contributed by atoms with Gasteiger partial charge in [-0.1, -0.05) is 24.1 Å². The number of halogens is 4. The fourth-order valence-electron chi connectivity index (χ4n) is 2.65. The molecule has 0 saturated heterocycles. The van der Waals surface area contributed by atoms with Crippen LogP contribution in [-0.2, 0) is 17.5 Å². The number of nitrogens with zero attached hydrogens (tertiary/aromatic N) is 2. The van der Waals surface area contributed by atoms with Crippen LogP contribution in [-0.4, -0.2) is 10.1 Å². The summed E-state index contributed by atoms with van der Waals surface area (Å²) in [6.07, 6.45) is -0.610. The first-order valence-corrected chi connectivity index (χ1v) is 8.27. The topological polar surface area (TPSA) is 64.9 Å². The molecule has 0 unspecified atom stereocenters. The van der Waals surface area contributed by atoms with Crippen molar-refractivity contribution in [1.29, 1.82) is 0 Å². The molecule has 1 heterocycles. The standard InChI is InChI=1S/C15H16F3N3OS.ClH/c16-15(17,18)10-4-3-5-11(8-10)23-9-12-20-13(21-22-12)14(19)6-1-2-7-14;/h3-5,8H,1-2,6-7,9,19H2;1H. The summed E-state index contributed by atoms with van der Waals surface area (Å²) >= 11 is 1.22.